The largest absolute Gasteiger partial charge is 0.374 e. The van der Waals surface area contributed by atoms with Crippen LogP contribution in [0.5, 0.6) is 0 Å². The standard InChI is InChI=1S/C12H18BrNO/c1-3-15-12(2,9-14)8-10-4-6-11(13)7-5-10/h4-7H,3,8-9,14H2,1-2H3. The van der Waals surface area contributed by atoms with E-state index in [2.05, 4.69) is 35.0 Å². The molecule has 15 heavy (non-hydrogen) atoms. The van der Waals surface area contributed by atoms with Crippen molar-refractivity contribution in [3.05, 3.63) is 34.3 Å². The van der Waals surface area contributed by atoms with E-state index in [0.717, 1.165) is 10.9 Å². The van der Waals surface area contributed by atoms with Crippen LogP contribution in [-0.2, 0) is 11.2 Å². The Labute approximate surface area is 99.9 Å². The Morgan fingerprint density at radius 1 is 1.33 bits per heavy atom. The van der Waals surface area contributed by atoms with Gasteiger partial charge in [-0.3, -0.25) is 0 Å². The van der Waals surface area contributed by atoms with Crippen molar-refractivity contribution in [1.82, 2.24) is 0 Å². The molecule has 0 saturated carbocycles. The predicted octanol–water partition coefficient (Wildman–Crippen LogP) is 2.75. The second kappa shape index (κ2) is 5.64. The minimum absolute atomic E-state index is 0.247. The van der Waals surface area contributed by atoms with Gasteiger partial charge in [-0.1, -0.05) is 28.1 Å². The smallest absolute Gasteiger partial charge is 0.0816 e. The van der Waals surface area contributed by atoms with E-state index in [1.165, 1.54) is 5.56 Å². The van der Waals surface area contributed by atoms with Crippen LogP contribution in [0.4, 0.5) is 0 Å². The van der Waals surface area contributed by atoms with Crippen LogP contribution in [0.15, 0.2) is 28.7 Å². The lowest BCUT2D eigenvalue weighted by Crippen LogP contribution is -2.39. The highest BCUT2D eigenvalue weighted by molar-refractivity contribution is 9.10. The summed E-state index contributed by atoms with van der Waals surface area (Å²) >= 11 is 3.42. The summed E-state index contributed by atoms with van der Waals surface area (Å²) in [7, 11) is 0. The summed E-state index contributed by atoms with van der Waals surface area (Å²) in [6.07, 6.45) is 0.852. The molecule has 0 aliphatic rings. The van der Waals surface area contributed by atoms with E-state index >= 15 is 0 Å². The van der Waals surface area contributed by atoms with Gasteiger partial charge in [-0.05, 0) is 31.5 Å². The highest BCUT2D eigenvalue weighted by atomic mass is 79.9. The lowest BCUT2D eigenvalue weighted by atomic mass is 9.96. The van der Waals surface area contributed by atoms with Crippen molar-refractivity contribution in [2.75, 3.05) is 13.2 Å². The fraction of sp³-hybridized carbons (Fsp3) is 0.500. The number of rotatable bonds is 5. The van der Waals surface area contributed by atoms with Gasteiger partial charge in [0.15, 0.2) is 0 Å². The zero-order valence-electron chi connectivity index (χ0n) is 9.29. The molecular formula is C12H18BrNO. The SMILES string of the molecule is CCOC(C)(CN)Cc1ccc(Br)cc1. The Morgan fingerprint density at radius 2 is 1.93 bits per heavy atom. The zero-order valence-corrected chi connectivity index (χ0v) is 10.9. The first-order valence-electron chi connectivity index (χ1n) is 5.18. The van der Waals surface area contributed by atoms with E-state index in [-0.39, 0.29) is 5.60 Å². The molecule has 0 spiro atoms. The summed E-state index contributed by atoms with van der Waals surface area (Å²) in [5, 5.41) is 0. The van der Waals surface area contributed by atoms with E-state index in [0.29, 0.717) is 13.2 Å². The molecule has 1 rings (SSSR count). The van der Waals surface area contributed by atoms with Crippen LogP contribution < -0.4 is 5.73 Å². The van der Waals surface area contributed by atoms with Gasteiger partial charge < -0.3 is 10.5 Å². The van der Waals surface area contributed by atoms with Crippen molar-refractivity contribution in [2.45, 2.75) is 25.9 Å². The number of halogens is 1. The first kappa shape index (κ1) is 12.7. The monoisotopic (exact) mass is 271 g/mol. The molecule has 1 unspecified atom stereocenters. The molecule has 0 heterocycles. The molecule has 0 aliphatic heterocycles. The summed E-state index contributed by atoms with van der Waals surface area (Å²) in [5.74, 6) is 0. The van der Waals surface area contributed by atoms with E-state index in [4.69, 9.17) is 10.5 Å². The second-order valence-electron chi connectivity index (χ2n) is 3.89. The molecule has 2 N–H and O–H groups in total. The molecule has 2 nitrogen and oxygen atoms in total. The molecule has 0 fully saturated rings. The maximum atomic E-state index is 5.74. The number of ether oxygens (including phenoxy) is 1. The summed E-state index contributed by atoms with van der Waals surface area (Å²) in [4.78, 5) is 0. The van der Waals surface area contributed by atoms with Crippen LogP contribution in [0, 0.1) is 0 Å². The van der Waals surface area contributed by atoms with Crippen LogP contribution >= 0.6 is 15.9 Å². The molecule has 0 saturated heterocycles. The van der Waals surface area contributed by atoms with E-state index in [9.17, 15) is 0 Å². The highest BCUT2D eigenvalue weighted by Gasteiger charge is 2.22. The average Bonchev–Trinajstić information content (AvgIpc) is 2.22. The van der Waals surface area contributed by atoms with E-state index in [1.807, 2.05) is 19.1 Å². The number of hydrogen-bond acceptors (Lipinski definition) is 2. The molecule has 0 aliphatic carbocycles. The van der Waals surface area contributed by atoms with Crippen LogP contribution in [0.1, 0.15) is 19.4 Å². The fourth-order valence-corrected chi connectivity index (χ4v) is 1.83. The summed E-state index contributed by atoms with van der Waals surface area (Å²) < 4.78 is 6.77. The van der Waals surface area contributed by atoms with Crippen molar-refractivity contribution < 1.29 is 4.74 Å². The van der Waals surface area contributed by atoms with Crippen molar-refractivity contribution in [3.8, 4) is 0 Å². The normalized spacial score (nSPS) is 14.9. The third kappa shape index (κ3) is 3.93. The molecule has 0 radical (unpaired) electrons. The van der Waals surface area contributed by atoms with E-state index < -0.39 is 0 Å². The number of hydrogen-bond donors (Lipinski definition) is 1. The molecule has 0 amide bonds. The molecule has 3 heteroatoms. The lowest BCUT2D eigenvalue weighted by Gasteiger charge is -2.28. The number of nitrogens with two attached hydrogens (primary N) is 1. The maximum absolute atomic E-state index is 5.74. The maximum Gasteiger partial charge on any atom is 0.0816 e. The van der Waals surface area contributed by atoms with Gasteiger partial charge in [0, 0.05) is 24.0 Å². The molecule has 84 valence electrons. The van der Waals surface area contributed by atoms with Gasteiger partial charge in [0.25, 0.3) is 0 Å². The van der Waals surface area contributed by atoms with Crippen LogP contribution in [0.3, 0.4) is 0 Å². The van der Waals surface area contributed by atoms with Crippen LogP contribution in [0.2, 0.25) is 0 Å². The predicted molar refractivity (Wildman–Crippen MR) is 66.9 cm³/mol. The minimum Gasteiger partial charge on any atom is -0.374 e. The van der Waals surface area contributed by atoms with Crippen molar-refractivity contribution in [2.24, 2.45) is 5.73 Å². The fourth-order valence-electron chi connectivity index (χ4n) is 1.56. The molecule has 0 aromatic heterocycles. The summed E-state index contributed by atoms with van der Waals surface area (Å²) in [6.45, 7) is 5.29. The lowest BCUT2D eigenvalue weighted by molar-refractivity contribution is -0.0171. The van der Waals surface area contributed by atoms with Gasteiger partial charge in [-0.25, -0.2) is 0 Å². The molecular weight excluding hydrogens is 254 g/mol. The minimum atomic E-state index is -0.247. The Balaban J connectivity index is 2.70. The molecule has 0 bridgehead atoms. The first-order chi connectivity index (χ1) is 7.09. The Morgan fingerprint density at radius 3 is 2.40 bits per heavy atom. The zero-order chi connectivity index (χ0) is 11.3. The van der Waals surface area contributed by atoms with Gasteiger partial charge in [0.2, 0.25) is 0 Å². The van der Waals surface area contributed by atoms with Gasteiger partial charge in [-0.15, -0.1) is 0 Å². The Bertz CT molecular complexity index is 299. The van der Waals surface area contributed by atoms with Crippen LogP contribution in [0.25, 0.3) is 0 Å². The summed E-state index contributed by atoms with van der Waals surface area (Å²) in [5.41, 5.74) is 6.74. The van der Waals surface area contributed by atoms with Gasteiger partial charge in [0.1, 0.15) is 0 Å². The topological polar surface area (TPSA) is 35.2 Å². The molecule has 1 atom stereocenters. The van der Waals surface area contributed by atoms with Gasteiger partial charge in [-0.2, -0.15) is 0 Å². The number of benzene rings is 1. The van der Waals surface area contributed by atoms with Crippen molar-refractivity contribution in [3.63, 3.8) is 0 Å². The second-order valence-corrected chi connectivity index (χ2v) is 4.81. The average molecular weight is 272 g/mol. The highest BCUT2D eigenvalue weighted by Crippen LogP contribution is 2.18. The van der Waals surface area contributed by atoms with Crippen molar-refractivity contribution >= 4 is 15.9 Å². The van der Waals surface area contributed by atoms with Gasteiger partial charge in [0.05, 0.1) is 5.60 Å². The molecule has 1 aromatic rings. The van der Waals surface area contributed by atoms with E-state index in [1.54, 1.807) is 0 Å². The van der Waals surface area contributed by atoms with Gasteiger partial charge >= 0.3 is 0 Å². The van der Waals surface area contributed by atoms with Crippen molar-refractivity contribution in [1.29, 1.82) is 0 Å². The van der Waals surface area contributed by atoms with Crippen LogP contribution in [-0.4, -0.2) is 18.8 Å². The third-order valence-electron chi connectivity index (χ3n) is 2.42. The molecule has 1 aromatic carbocycles. The Kier molecular flexibility index (Phi) is 4.77. The first-order valence-corrected chi connectivity index (χ1v) is 5.97. The summed E-state index contributed by atoms with van der Waals surface area (Å²) in [6, 6.07) is 8.27. The third-order valence-corrected chi connectivity index (χ3v) is 2.94. The quantitative estimate of drug-likeness (QED) is 0.894. The Hall–Kier alpha value is -0.380.